The smallest absolute Gasteiger partial charge is 0.293 e. The van der Waals surface area contributed by atoms with Crippen LogP contribution < -0.4 is 0 Å². The highest BCUT2D eigenvalue weighted by molar-refractivity contribution is 7.94. The molecule has 0 atom stereocenters. The molecule has 0 saturated heterocycles. The van der Waals surface area contributed by atoms with Crippen LogP contribution in [0.1, 0.15) is 20.3 Å². The van der Waals surface area contributed by atoms with Gasteiger partial charge < -0.3 is 4.74 Å². The lowest BCUT2D eigenvalue weighted by Crippen LogP contribution is -2.17. The SMILES string of the molecule is CC1(C)CC2=CC(Cl)=COC2=C1S(=O)(=O)N=C=O. The third-order valence-corrected chi connectivity index (χ3v) is 4.53. The summed E-state index contributed by atoms with van der Waals surface area (Å²) in [6, 6.07) is 0. The van der Waals surface area contributed by atoms with E-state index in [1.807, 2.05) is 0 Å². The minimum Gasteiger partial charge on any atom is -0.462 e. The third-order valence-electron chi connectivity index (χ3n) is 2.76. The molecule has 5 nitrogen and oxygen atoms in total. The van der Waals surface area contributed by atoms with Crippen LogP contribution in [-0.4, -0.2) is 14.5 Å². The van der Waals surface area contributed by atoms with Gasteiger partial charge in [-0.15, -0.1) is 0 Å². The zero-order valence-electron chi connectivity index (χ0n) is 9.73. The zero-order valence-corrected chi connectivity index (χ0v) is 11.3. The summed E-state index contributed by atoms with van der Waals surface area (Å²) in [4.78, 5) is 10.2. The molecule has 0 N–H and O–H groups in total. The number of rotatable bonds is 2. The van der Waals surface area contributed by atoms with Crippen LogP contribution in [0.15, 0.2) is 38.0 Å². The Bertz CT molecular complexity index is 649. The zero-order chi connectivity index (χ0) is 13.6. The van der Waals surface area contributed by atoms with E-state index in [4.69, 9.17) is 16.3 Å². The molecule has 0 aromatic heterocycles. The lowest BCUT2D eigenvalue weighted by Gasteiger charge is -2.18. The summed E-state index contributed by atoms with van der Waals surface area (Å²) in [5.41, 5.74) is -0.0115. The second-order valence-electron chi connectivity index (χ2n) is 4.67. The fourth-order valence-corrected chi connectivity index (χ4v) is 3.76. The first kappa shape index (κ1) is 13.1. The Morgan fingerprint density at radius 3 is 2.78 bits per heavy atom. The van der Waals surface area contributed by atoms with Crippen LogP contribution in [-0.2, 0) is 19.6 Å². The van der Waals surface area contributed by atoms with E-state index in [-0.39, 0.29) is 10.7 Å². The van der Waals surface area contributed by atoms with Gasteiger partial charge in [0, 0.05) is 5.41 Å². The molecule has 2 rings (SSSR count). The number of isocyanates is 1. The number of allylic oxidation sites excluding steroid dienone is 4. The molecular weight excluding hydrogens is 278 g/mol. The summed E-state index contributed by atoms with van der Waals surface area (Å²) in [6.45, 7) is 3.48. The molecule has 1 aliphatic carbocycles. The Labute approximate surface area is 110 Å². The van der Waals surface area contributed by atoms with Crippen molar-refractivity contribution in [2.75, 3.05) is 0 Å². The van der Waals surface area contributed by atoms with Crippen LogP contribution in [0.5, 0.6) is 0 Å². The molecule has 0 aromatic carbocycles. The number of carbonyl (C=O) groups excluding carboxylic acids is 1. The second kappa shape index (κ2) is 4.09. The standard InChI is InChI=1S/C11H10ClNO4S/c1-11(2)4-7-3-8(12)5-17-9(7)10(11)18(15,16)13-6-14/h3,5H,4H2,1-2H3. The third kappa shape index (κ3) is 2.03. The molecule has 0 unspecified atom stereocenters. The van der Waals surface area contributed by atoms with E-state index in [1.165, 1.54) is 6.26 Å². The molecule has 18 heavy (non-hydrogen) atoms. The first-order valence-electron chi connectivity index (χ1n) is 5.10. The fourth-order valence-electron chi connectivity index (χ4n) is 2.21. The topological polar surface area (TPSA) is 72.8 Å². The van der Waals surface area contributed by atoms with Gasteiger partial charge in [0.1, 0.15) is 16.9 Å². The quantitative estimate of drug-likeness (QED) is 0.577. The molecule has 1 heterocycles. The molecule has 2 aliphatic rings. The van der Waals surface area contributed by atoms with Crippen molar-refractivity contribution in [1.82, 2.24) is 0 Å². The molecule has 1 aliphatic heterocycles. The highest BCUT2D eigenvalue weighted by Gasteiger charge is 2.45. The van der Waals surface area contributed by atoms with E-state index < -0.39 is 15.4 Å². The van der Waals surface area contributed by atoms with Crippen molar-refractivity contribution in [3.63, 3.8) is 0 Å². The van der Waals surface area contributed by atoms with E-state index in [2.05, 4.69) is 4.40 Å². The van der Waals surface area contributed by atoms with E-state index in [1.54, 1.807) is 19.9 Å². The minimum atomic E-state index is -4.06. The molecule has 0 radical (unpaired) electrons. The first-order chi connectivity index (χ1) is 8.28. The predicted octanol–water partition coefficient (Wildman–Crippen LogP) is 2.33. The van der Waals surface area contributed by atoms with E-state index in [0.29, 0.717) is 17.0 Å². The van der Waals surface area contributed by atoms with E-state index in [0.717, 1.165) is 6.08 Å². The number of nitrogens with zero attached hydrogens (tertiary/aromatic N) is 1. The maximum atomic E-state index is 11.9. The molecular formula is C11H10ClNO4S. The Hall–Kier alpha value is -1.36. The summed E-state index contributed by atoms with van der Waals surface area (Å²) >= 11 is 5.80. The maximum Gasteiger partial charge on any atom is 0.293 e. The van der Waals surface area contributed by atoms with Crippen LogP contribution in [0, 0.1) is 5.41 Å². The minimum absolute atomic E-state index is 0.00924. The number of sulfonamides is 1. The number of ether oxygens (including phenoxy) is 1. The number of halogens is 1. The van der Waals surface area contributed by atoms with Gasteiger partial charge in [0.25, 0.3) is 16.1 Å². The summed E-state index contributed by atoms with van der Waals surface area (Å²) in [7, 11) is -4.06. The van der Waals surface area contributed by atoms with Crippen molar-refractivity contribution in [1.29, 1.82) is 0 Å². The van der Waals surface area contributed by atoms with Gasteiger partial charge in [-0.1, -0.05) is 29.8 Å². The largest absolute Gasteiger partial charge is 0.462 e. The number of hydrogen-bond acceptors (Lipinski definition) is 4. The van der Waals surface area contributed by atoms with Crippen molar-refractivity contribution in [3.8, 4) is 0 Å². The van der Waals surface area contributed by atoms with Crippen LogP contribution in [0.3, 0.4) is 0 Å². The highest BCUT2D eigenvalue weighted by Crippen LogP contribution is 2.50. The van der Waals surface area contributed by atoms with Crippen molar-refractivity contribution in [3.05, 3.63) is 33.6 Å². The summed E-state index contributed by atoms with van der Waals surface area (Å²) in [6.07, 6.45) is 4.42. The Morgan fingerprint density at radius 2 is 2.17 bits per heavy atom. The average molecular weight is 288 g/mol. The van der Waals surface area contributed by atoms with Gasteiger partial charge in [-0.25, -0.2) is 4.79 Å². The molecule has 96 valence electrons. The van der Waals surface area contributed by atoms with E-state index in [9.17, 15) is 13.2 Å². The Balaban J connectivity index is 2.67. The van der Waals surface area contributed by atoms with Gasteiger partial charge in [-0.05, 0) is 18.1 Å². The predicted molar refractivity (Wildman–Crippen MR) is 65.6 cm³/mol. The molecule has 0 fully saturated rings. The number of fused-ring (bicyclic) bond motifs is 1. The van der Waals surface area contributed by atoms with Gasteiger partial charge in [-0.2, -0.15) is 8.42 Å². The normalized spacial score (nSPS) is 21.5. The highest BCUT2D eigenvalue weighted by atomic mass is 35.5. The summed E-state index contributed by atoms with van der Waals surface area (Å²) in [5, 5.41) is 0.391. The monoisotopic (exact) mass is 287 g/mol. The van der Waals surface area contributed by atoms with Gasteiger partial charge in [-0.3, -0.25) is 0 Å². The van der Waals surface area contributed by atoms with Gasteiger partial charge in [0.15, 0.2) is 0 Å². The van der Waals surface area contributed by atoms with Gasteiger partial charge in [0.2, 0.25) is 0 Å². The second-order valence-corrected chi connectivity index (χ2v) is 6.64. The van der Waals surface area contributed by atoms with Crippen molar-refractivity contribution in [2.45, 2.75) is 20.3 Å². The van der Waals surface area contributed by atoms with E-state index >= 15 is 0 Å². The lowest BCUT2D eigenvalue weighted by molar-refractivity contribution is 0.355. The fraction of sp³-hybridized carbons (Fsp3) is 0.364. The molecule has 0 saturated carbocycles. The number of hydrogen-bond donors (Lipinski definition) is 0. The molecule has 0 amide bonds. The van der Waals surface area contributed by atoms with Crippen LogP contribution in [0.25, 0.3) is 0 Å². The van der Waals surface area contributed by atoms with Crippen LogP contribution in [0.4, 0.5) is 0 Å². The molecule has 0 bridgehead atoms. The molecule has 7 heteroatoms. The average Bonchev–Trinajstić information content (AvgIpc) is 2.47. The summed E-state index contributed by atoms with van der Waals surface area (Å²) < 4.78 is 32.0. The van der Waals surface area contributed by atoms with Crippen molar-refractivity contribution in [2.24, 2.45) is 9.81 Å². The molecule has 0 spiro atoms. The summed E-state index contributed by atoms with van der Waals surface area (Å²) in [5.74, 6) is 0.211. The van der Waals surface area contributed by atoms with Crippen LogP contribution >= 0.6 is 11.6 Å². The molecule has 0 aromatic rings. The maximum absolute atomic E-state index is 11.9. The first-order valence-corrected chi connectivity index (χ1v) is 6.92. The van der Waals surface area contributed by atoms with Crippen molar-refractivity contribution >= 4 is 27.7 Å². The van der Waals surface area contributed by atoms with Crippen LogP contribution in [0.2, 0.25) is 0 Å². The Kier molecular flexibility index (Phi) is 2.97. The van der Waals surface area contributed by atoms with Crippen molar-refractivity contribution < 1.29 is 17.9 Å². The Morgan fingerprint density at radius 1 is 1.50 bits per heavy atom. The van der Waals surface area contributed by atoms with Gasteiger partial charge in [0.05, 0.1) is 5.03 Å². The lowest BCUT2D eigenvalue weighted by atomic mass is 9.92. The van der Waals surface area contributed by atoms with Gasteiger partial charge >= 0.3 is 0 Å².